The van der Waals surface area contributed by atoms with Crippen molar-refractivity contribution < 1.29 is 0 Å². The summed E-state index contributed by atoms with van der Waals surface area (Å²) in [5, 5.41) is 7.01. The molecule has 0 saturated heterocycles. The van der Waals surface area contributed by atoms with Gasteiger partial charge in [-0.1, -0.05) is 20.3 Å². The number of rotatable bonds is 6. The Bertz CT molecular complexity index is 283. The van der Waals surface area contributed by atoms with Crippen LogP contribution >= 0.6 is 11.3 Å². The summed E-state index contributed by atoms with van der Waals surface area (Å²) in [6.45, 7) is 8.76. The fourth-order valence-corrected chi connectivity index (χ4v) is 2.70. The van der Waals surface area contributed by atoms with Crippen LogP contribution < -0.4 is 5.32 Å². The van der Waals surface area contributed by atoms with Crippen molar-refractivity contribution in [2.24, 2.45) is 0 Å². The summed E-state index contributed by atoms with van der Waals surface area (Å²) in [6, 6.07) is 1.02. The molecule has 1 N–H and O–H groups in total. The van der Waals surface area contributed by atoms with Gasteiger partial charge in [-0.3, -0.25) is 0 Å². The van der Waals surface area contributed by atoms with Crippen molar-refractivity contribution in [1.29, 1.82) is 0 Å². The Hall–Kier alpha value is -0.410. The third-order valence-corrected chi connectivity index (χ3v) is 3.63. The number of hydrogen-bond acceptors (Lipinski definition) is 3. The number of aromatic nitrogens is 1. The second-order valence-electron chi connectivity index (χ2n) is 4.14. The lowest BCUT2D eigenvalue weighted by Crippen LogP contribution is -2.30. The maximum absolute atomic E-state index is 4.55. The largest absolute Gasteiger partial charge is 0.305 e. The van der Waals surface area contributed by atoms with Crippen LogP contribution in [0.15, 0.2) is 5.38 Å². The average molecular weight is 226 g/mol. The molecule has 1 aromatic heterocycles. The van der Waals surface area contributed by atoms with Crippen LogP contribution in [0, 0.1) is 6.92 Å². The highest BCUT2D eigenvalue weighted by Crippen LogP contribution is 2.21. The fraction of sp³-hybridized carbons (Fsp3) is 0.750. The van der Waals surface area contributed by atoms with E-state index in [0.29, 0.717) is 12.1 Å². The molecule has 3 heteroatoms. The molecule has 0 aliphatic heterocycles. The minimum Gasteiger partial charge on any atom is -0.305 e. The summed E-state index contributed by atoms with van der Waals surface area (Å²) >= 11 is 1.77. The predicted octanol–water partition coefficient (Wildman–Crippen LogP) is 3.68. The smallest absolute Gasteiger partial charge is 0.110 e. The lowest BCUT2D eigenvalue weighted by atomic mass is 10.1. The van der Waals surface area contributed by atoms with Gasteiger partial charge in [-0.2, -0.15) is 0 Å². The van der Waals surface area contributed by atoms with Crippen molar-refractivity contribution in [2.45, 2.75) is 59.0 Å². The minimum atomic E-state index is 0.435. The average Bonchev–Trinajstić information content (AvgIpc) is 2.61. The first-order valence-electron chi connectivity index (χ1n) is 5.85. The third-order valence-electron chi connectivity index (χ3n) is 2.55. The molecule has 0 amide bonds. The van der Waals surface area contributed by atoms with Gasteiger partial charge in [-0.25, -0.2) is 4.98 Å². The van der Waals surface area contributed by atoms with Crippen LogP contribution in [-0.4, -0.2) is 11.0 Å². The van der Waals surface area contributed by atoms with Gasteiger partial charge in [-0.05, 0) is 26.7 Å². The zero-order valence-electron chi connectivity index (χ0n) is 10.2. The van der Waals surface area contributed by atoms with E-state index in [1.807, 2.05) is 0 Å². The van der Waals surface area contributed by atoms with Crippen LogP contribution in [0.2, 0.25) is 0 Å². The zero-order chi connectivity index (χ0) is 11.3. The number of thiazole rings is 1. The molecule has 0 fully saturated rings. The minimum absolute atomic E-state index is 0.435. The molecule has 2 atom stereocenters. The van der Waals surface area contributed by atoms with Crippen molar-refractivity contribution >= 4 is 11.3 Å². The second-order valence-corrected chi connectivity index (χ2v) is 5.03. The molecule has 0 aliphatic rings. The topological polar surface area (TPSA) is 24.9 Å². The van der Waals surface area contributed by atoms with Gasteiger partial charge in [0.2, 0.25) is 0 Å². The quantitative estimate of drug-likeness (QED) is 0.800. The lowest BCUT2D eigenvalue weighted by Gasteiger charge is -2.20. The number of nitrogens with zero attached hydrogens (tertiary/aromatic N) is 1. The molecule has 2 unspecified atom stereocenters. The van der Waals surface area contributed by atoms with Crippen LogP contribution in [-0.2, 0) is 0 Å². The summed E-state index contributed by atoms with van der Waals surface area (Å²) in [5.74, 6) is 0. The predicted molar refractivity (Wildman–Crippen MR) is 67.4 cm³/mol. The van der Waals surface area contributed by atoms with Crippen molar-refractivity contribution in [3.8, 4) is 0 Å². The molecule has 2 nitrogen and oxygen atoms in total. The Balaban J connectivity index is 2.56. The Morgan fingerprint density at radius 2 is 2.20 bits per heavy atom. The van der Waals surface area contributed by atoms with Crippen LogP contribution in [0.5, 0.6) is 0 Å². The number of nitrogens with one attached hydrogen (secondary N) is 1. The van der Waals surface area contributed by atoms with E-state index in [1.54, 1.807) is 11.3 Å². The monoisotopic (exact) mass is 226 g/mol. The molecule has 0 spiro atoms. The van der Waals surface area contributed by atoms with Crippen LogP contribution in [0.25, 0.3) is 0 Å². The molecule has 0 aromatic carbocycles. The van der Waals surface area contributed by atoms with Crippen molar-refractivity contribution in [1.82, 2.24) is 10.3 Å². The normalized spacial score (nSPS) is 15.2. The van der Waals surface area contributed by atoms with Crippen LogP contribution in [0.1, 0.15) is 56.8 Å². The van der Waals surface area contributed by atoms with E-state index >= 15 is 0 Å². The van der Waals surface area contributed by atoms with Gasteiger partial charge in [-0.15, -0.1) is 11.3 Å². The molecule has 15 heavy (non-hydrogen) atoms. The molecular weight excluding hydrogens is 204 g/mol. The molecule has 0 saturated carbocycles. The van der Waals surface area contributed by atoms with Crippen molar-refractivity contribution in [2.75, 3.05) is 0 Å². The Morgan fingerprint density at radius 1 is 1.47 bits per heavy atom. The molecular formula is C12H22N2S. The summed E-state index contributed by atoms with van der Waals surface area (Å²) in [5.41, 5.74) is 1.14. The first-order valence-corrected chi connectivity index (χ1v) is 6.73. The van der Waals surface area contributed by atoms with E-state index in [2.05, 4.69) is 43.4 Å². The van der Waals surface area contributed by atoms with Gasteiger partial charge < -0.3 is 5.32 Å². The summed E-state index contributed by atoms with van der Waals surface area (Å²) < 4.78 is 0. The van der Waals surface area contributed by atoms with E-state index < -0.39 is 0 Å². The second kappa shape index (κ2) is 6.23. The van der Waals surface area contributed by atoms with Crippen LogP contribution in [0.3, 0.4) is 0 Å². The Morgan fingerprint density at radius 3 is 2.67 bits per heavy atom. The number of aryl methyl sites for hydroxylation is 1. The first-order chi connectivity index (χ1) is 7.17. The van der Waals surface area contributed by atoms with Gasteiger partial charge in [0, 0.05) is 17.1 Å². The molecule has 0 aliphatic carbocycles. The SMILES string of the molecule is CCCC(C)NC(CC)c1nc(C)cs1. The maximum Gasteiger partial charge on any atom is 0.110 e. The van der Waals surface area contributed by atoms with E-state index in [4.69, 9.17) is 0 Å². The molecule has 0 bridgehead atoms. The van der Waals surface area contributed by atoms with Gasteiger partial charge in [0.15, 0.2) is 0 Å². The van der Waals surface area contributed by atoms with Gasteiger partial charge in [0.25, 0.3) is 0 Å². The highest BCUT2D eigenvalue weighted by Gasteiger charge is 2.14. The summed E-state index contributed by atoms with van der Waals surface area (Å²) in [6.07, 6.45) is 3.59. The number of hydrogen-bond donors (Lipinski definition) is 1. The Kier molecular flexibility index (Phi) is 5.26. The third kappa shape index (κ3) is 3.92. The summed E-state index contributed by atoms with van der Waals surface area (Å²) in [7, 11) is 0. The molecule has 1 rings (SSSR count). The van der Waals surface area contributed by atoms with Gasteiger partial charge >= 0.3 is 0 Å². The van der Waals surface area contributed by atoms with E-state index in [0.717, 1.165) is 12.1 Å². The molecule has 1 aromatic rings. The summed E-state index contributed by atoms with van der Waals surface area (Å²) in [4.78, 5) is 4.55. The molecule has 86 valence electrons. The van der Waals surface area contributed by atoms with Crippen molar-refractivity contribution in [3.05, 3.63) is 16.1 Å². The van der Waals surface area contributed by atoms with Gasteiger partial charge in [0.05, 0.1) is 6.04 Å². The van der Waals surface area contributed by atoms with E-state index in [9.17, 15) is 0 Å². The highest BCUT2D eigenvalue weighted by molar-refractivity contribution is 7.09. The van der Waals surface area contributed by atoms with Gasteiger partial charge in [0.1, 0.15) is 5.01 Å². The Labute approximate surface area is 97.1 Å². The molecule has 1 heterocycles. The molecule has 0 radical (unpaired) electrons. The zero-order valence-corrected chi connectivity index (χ0v) is 11.0. The lowest BCUT2D eigenvalue weighted by molar-refractivity contribution is 0.423. The van der Waals surface area contributed by atoms with E-state index in [1.165, 1.54) is 17.8 Å². The van der Waals surface area contributed by atoms with Crippen LogP contribution in [0.4, 0.5) is 0 Å². The van der Waals surface area contributed by atoms with E-state index in [-0.39, 0.29) is 0 Å². The first kappa shape index (κ1) is 12.7. The van der Waals surface area contributed by atoms with Crippen molar-refractivity contribution in [3.63, 3.8) is 0 Å². The maximum atomic E-state index is 4.55. The standard InChI is InChI=1S/C12H22N2S/c1-5-7-9(3)13-11(6-2)12-14-10(4)8-15-12/h8-9,11,13H,5-7H2,1-4H3. The fourth-order valence-electron chi connectivity index (χ4n) is 1.76. The highest BCUT2D eigenvalue weighted by atomic mass is 32.1.